The summed E-state index contributed by atoms with van der Waals surface area (Å²) in [4.78, 5) is 12.3. The Hall–Kier alpha value is -2.89. The lowest BCUT2D eigenvalue weighted by atomic mass is 10.1. The van der Waals surface area contributed by atoms with Gasteiger partial charge in [-0.25, -0.2) is 0 Å². The van der Waals surface area contributed by atoms with Gasteiger partial charge >= 0.3 is 0 Å². The molecule has 0 spiro atoms. The van der Waals surface area contributed by atoms with E-state index in [9.17, 15) is 4.79 Å². The number of carbonyl (C=O) groups is 1. The molecule has 0 saturated heterocycles. The monoisotopic (exact) mass is 431 g/mol. The van der Waals surface area contributed by atoms with Crippen molar-refractivity contribution in [1.29, 1.82) is 0 Å². The molecule has 3 aromatic rings. The van der Waals surface area contributed by atoms with Crippen molar-refractivity contribution in [2.24, 2.45) is 0 Å². The standard InChI is InChI=1S/C22H19Cl2NO4/c1-27-20-11-16(23)18(12-21(20)28-2)25-22(26)13-29-19-9-8-15(10-17(19)24)14-6-4-3-5-7-14/h3-12H,13H2,1-2H3,(H,25,26). The predicted molar refractivity (Wildman–Crippen MR) is 116 cm³/mol. The SMILES string of the molecule is COc1cc(Cl)c(NC(=O)COc2ccc(-c3ccccc3)cc2Cl)cc1OC. The van der Waals surface area contributed by atoms with E-state index in [2.05, 4.69) is 5.32 Å². The molecule has 0 fully saturated rings. The Labute approximate surface area is 179 Å². The van der Waals surface area contributed by atoms with Gasteiger partial charge in [-0.05, 0) is 23.3 Å². The van der Waals surface area contributed by atoms with Gasteiger partial charge in [-0.3, -0.25) is 4.79 Å². The zero-order chi connectivity index (χ0) is 20.8. The Morgan fingerprint density at radius 2 is 1.52 bits per heavy atom. The molecule has 29 heavy (non-hydrogen) atoms. The maximum absolute atomic E-state index is 12.3. The summed E-state index contributed by atoms with van der Waals surface area (Å²) in [5, 5.41) is 3.43. The Kier molecular flexibility index (Phi) is 6.86. The van der Waals surface area contributed by atoms with Crippen LogP contribution in [0.25, 0.3) is 11.1 Å². The van der Waals surface area contributed by atoms with Crippen LogP contribution in [-0.4, -0.2) is 26.7 Å². The predicted octanol–water partition coefficient (Wildman–Crippen LogP) is 5.70. The molecule has 0 bridgehead atoms. The van der Waals surface area contributed by atoms with Crippen molar-refractivity contribution in [3.05, 3.63) is 70.7 Å². The quantitative estimate of drug-likeness (QED) is 0.521. The molecule has 0 heterocycles. The molecular formula is C22H19Cl2NO4. The fourth-order valence-corrected chi connectivity index (χ4v) is 3.14. The third-order valence-electron chi connectivity index (χ3n) is 4.15. The maximum Gasteiger partial charge on any atom is 0.262 e. The molecule has 0 saturated carbocycles. The largest absolute Gasteiger partial charge is 0.493 e. The lowest BCUT2D eigenvalue weighted by molar-refractivity contribution is -0.118. The second kappa shape index (κ2) is 9.54. The van der Waals surface area contributed by atoms with Gasteiger partial charge in [0.15, 0.2) is 18.1 Å². The van der Waals surface area contributed by atoms with Crippen LogP contribution >= 0.6 is 23.2 Å². The van der Waals surface area contributed by atoms with E-state index in [1.54, 1.807) is 24.3 Å². The Morgan fingerprint density at radius 3 is 2.17 bits per heavy atom. The van der Waals surface area contributed by atoms with Crippen molar-refractivity contribution in [3.8, 4) is 28.4 Å². The highest BCUT2D eigenvalue weighted by molar-refractivity contribution is 6.34. The average Bonchev–Trinajstić information content (AvgIpc) is 2.74. The normalized spacial score (nSPS) is 10.3. The van der Waals surface area contributed by atoms with Crippen LogP contribution in [0, 0.1) is 0 Å². The Morgan fingerprint density at radius 1 is 0.828 bits per heavy atom. The van der Waals surface area contributed by atoms with E-state index in [1.807, 2.05) is 36.4 Å². The molecule has 0 aliphatic rings. The fraction of sp³-hybridized carbons (Fsp3) is 0.136. The molecule has 0 radical (unpaired) electrons. The first-order valence-corrected chi connectivity index (χ1v) is 9.46. The van der Waals surface area contributed by atoms with E-state index in [-0.39, 0.29) is 12.5 Å². The van der Waals surface area contributed by atoms with Crippen LogP contribution in [0.15, 0.2) is 60.7 Å². The van der Waals surface area contributed by atoms with Gasteiger partial charge in [0.1, 0.15) is 5.75 Å². The topological polar surface area (TPSA) is 56.8 Å². The Balaban J connectivity index is 1.65. The minimum atomic E-state index is -0.387. The molecule has 3 rings (SSSR count). The molecule has 7 heteroatoms. The van der Waals surface area contributed by atoms with Crippen LogP contribution in [0.5, 0.6) is 17.2 Å². The molecule has 5 nitrogen and oxygen atoms in total. The molecule has 0 atom stereocenters. The van der Waals surface area contributed by atoms with E-state index in [0.717, 1.165) is 11.1 Å². The number of ether oxygens (including phenoxy) is 3. The third-order valence-corrected chi connectivity index (χ3v) is 4.75. The zero-order valence-corrected chi connectivity index (χ0v) is 17.4. The lowest BCUT2D eigenvalue weighted by Crippen LogP contribution is -2.20. The van der Waals surface area contributed by atoms with Gasteiger partial charge in [-0.15, -0.1) is 0 Å². The van der Waals surface area contributed by atoms with Gasteiger partial charge in [0.05, 0.1) is 30.0 Å². The zero-order valence-electron chi connectivity index (χ0n) is 15.9. The first-order chi connectivity index (χ1) is 14.0. The van der Waals surface area contributed by atoms with Gasteiger partial charge in [0, 0.05) is 12.1 Å². The average molecular weight is 432 g/mol. The van der Waals surface area contributed by atoms with Crippen LogP contribution in [0.1, 0.15) is 0 Å². The lowest BCUT2D eigenvalue weighted by Gasteiger charge is -2.13. The van der Waals surface area contributed by atoms with Crippen LogP contribution < -0.4 is 19.5 Å². The van der Waals surface area contributed by atoms with E-state index >= 15 is 0 Å². The highest BCUT2D eigenvalue weighted by atomic mass is 35.5. The van der Waals surface area contributed by atoms with Crippen molar-refractivity contribution < 1.29 is 19.0 Å². The number of methoxy groups -OCH3 is 2. The number of hydrogen-bond acceptors (Lipinski definition) is 4. The number of hydrogen-bond donors (Lipinski definition) is 1. The van der Waals surface area contributed by atoms with Gasteiger partial charge < -0.3 is 19.5 Å². The van der Waals surface area contributed by atoms with Crippen molar-refractivity contribution in [1.82, 2.24) is 0 Å². The Bertz CT molecular complexity index is 1010. The molecular weight excluding hydrogens is 413 g/mol. The number of benzene rings is 3. The van der Waals surface area contributed by atoms with Crippen molar-refractivity contribution >= 4 is 34.8 Å². The van der Waals surface area contributed by atoms with E-state index in [4.69, 9.17) is 37.4 Å². The molecule has 0 aliphatic carbocycles. The first-order valence-electron chi connectivity index (χ1n) is 8.71. The number of rotatable bonds is 7. The first kappa shape index (κ1) is 20.8. The molecule has 150 valence electrons. The van der Waals surface area contributed by atoms with Crippen LogP contribution in [-0.2, 0) is 4.79 Å². The summed E-state index contributed by atoms with van der Waals surface area (Å²) in [6.45, 7) is -0.227. The molecule has 1 amide bonds. The smallest absolute Gasteiger partial charge is 0.262 e. The fourth-order valence-electron chi connectivity index (χ4n) is 2.71. The van der Waals surface area contributed by atoms with Crippen LogP contribution in [0.2, 0.25) is 10.0 Å². The van der Waals surface area contributed by atoms with Crippen LogP contribution in [0.4, 0.5) is 5.69 Å². The van der Waals surface area contributed by atoms with E-state index < -0.39 is 0 Å². The molecule has 3 aromatic carbocycles. The van der Waals surface area contributed by atoms with E-state index in [1.165, 1.54) is 14.2 Å². The molecule has 1 N–H and O–H groups in total. The third kappa shape index (κ3) is 5.13. The maximum atomic E-state index is 12.3. The number of halogens is 2. The summed E-state index contributed by atoms with van der Waals surface area (Å²) in [6, 6.07) is 18.4. The summed E-state index contributed by atoms with van der Waals surface area (Å²) >= 11 is 12.5. The number of amides is 1. The van der Waals surface area contributed by atoms with Crippen molar-refractivity contribution in [3.63, 3.8) is 0 Å². The second-order valence-electron chi connectivity index (χ2n) is 6.04. The minimum absolute atomic E-state index is 0.227. The van der Waals surface area contributed by atoms with Gasteiger partial charge in [0.2, 0.25) is 0 Å². The second-order valence-corrected chi connectivity index (χ2v) is 6.85. The number of nitrogens with one attached hydrogen (secondary N) is 1. The summed E-state index contributed by atoms with van der Waals surface area (Å²) in [5.74, 6) is 0.951. The molecule has 0 aromatic heterocycles. The van der Waals surface area contributed by atoms with Crippen LogP contribution in [0.3, 0.4) is 0 Å². The minimum Gasteiger partial charge on any atom is -0.493 e. The summed E-state index contributed by atoms with van der Waals surface area (Å²) in [7, 11) is 3.01. The molecule has 0 unspecified atom stereocenters. The summed E-state index contributed by atoms with van der Waals surface area (Å²) in [5.41, 5.74) is 2.40. The number of carbonyl (C=O) groups excluding carboxylic acids is 1. The van der Waals surface area contributed by atoms with Gasteiger partial charge in [0.25, 0.3) is 5.91 Å². The van der Waals surface area contributed by atoms with Crippen molar-refractivity contribution in [2.75, 3.05) is 26.1 Å². The van der Waals surface area contributed by atoms with Gasteiger partial charge in [-0.2, -0.15) is 0 Å². The molecule has 0 aliphatic heterocycles. The van der Waals surface area contributed by atoms with Crippen molar-refractivity contribution in [2.45, 2.75) is 0 Å². The number of anilines is 1. The highest BCUT2D eigenvalue weighted by Gasteiger charge is 2.13. The summed E-state index contributed by atoms with van der Waals surface area (Å²) < 4.78 is 16.0. The summed E-state index contributed by atoms with van der Waals surface area (Å²) in [6.07, 6.45) is 0. The highest BCUT2D eigenvalue weighted by Crippen LogP contribution is 2.36. The van der Waals surface area contributed by atoms with E-state index in [0.29, 0.717) is 33.0 Å². The van der Waals surface area contributed by atoms with Gasteiger partial charge in [-0.1, -0.05) is 59.6 Å².